The number of hydrogen-bond acceptors (Lipinski definition) is 4. The van der Waals surface area contributed by atoms with E-state index in [0.29, 0.717) is 18.2 Å². The molecular formula is C14H17N3O2. The van der Waals surface area contributed by atoms with E-state index in [1.165, 1.54) is 0 Å². The van der Waals surface area contributed by atoms with Crippen LogP contribution in [-0.2, 0) is 4.74 Å². The monoisotopic (exact) mass is 259 g/mol. The van der Waals surface area contributed by atoms with Crippen LogP contribution in [0.5, 0.6) is 0 Å². The Morgan fingerprint density at radius 2 is 2.16 bits per heavy atom. The summed E-state index contributed by atoms with van der Waals surface area (Å²) in [6.07, 6.45) is 1.70. The first kappa shape index (κ1) is 12.3. The summed E-state index contributed by atoms with van der Waals surface area (Å²) >= 11 is 0. The highest BCUT2D eigenvalue weighted by atomic mass is 16.5. The van der Waals surface area contributed by atoms with Crippen molar-refractivity contribution in [2.24, 2.45) is 5.92 Å². The van der Waals surface area contributed by atoms with Gasteiger partial charge in [0.2, 0.25) is 0 Å². The number of rotatable bonds is 3. The van der Waals surface area contributed by atoms with Crippen LogP contribution in [0.25, 0.3) is 5.69 Å². The van der Waals surface area contributed by atoms with Crippen molar-refractivity contribution in [2.75, 3.05) is 6.61 Å². The molecule has 3 rings (SSSR count). The van der Waals surface area contributed by atoms with Gasteiger partial charge in [0.25, 0.3) is 0 Å². The minimum atomic E-state index is -0.701. The van der Waals surface area contributed by atoms with E-state index in [4.69, 9.17) is 4.74 Å². The fourth-order valence-electron chi connectivity index (χ4n) is 2.50. The average Bonchev–Trinajstić information content (AvgIpc) is 3.07. The van der Waals surface area contributed by atoms with E-state index in [1.807, 2.05) is 30.3 Å². The third kappa shape index (κ3) is 2.27. The average molecular weight is 259 g/mol. The highest BCUT2D eigenvalue weighted by Crippen LogP contribution is 2.31. The van der Waals surface area contributed by atoms with Crippen molar-refractivity contribution < 1.29 is 9.84 Å². The van der Waals surface area contributed by atoms with E-state index in [0.717, 1.165) is 12.1 Å². The molecule has 0 radical (unpaired) electrons. The Hall–Kier alpha value is -1.72. The number of aromatic nitrogens is 3. The minimum Gasteiger partial charge on any atom is -0.384 e. The largest absolute Gasteiger partial charge is 0.384 e. The number of nitrogens with zero attached hydrogens (tertiary/aromatic N) is 3. The molecule has 1 fully saturated rings. The van der Waals surface area contributed by atoms with Crippen LogP contribution in [-0.4, -0.2) is 32.8 Å². The zero-order valence-electron chi connectivity index (χ0n) is 10.8. The molecule has 0 aliphatic carbocycles. The van der Waals surface area contributed by atoms with Crippen LogP contribution in [0.2, 0.25) is 0 Å². The second-order valence-electron chi connectivity index (χ2n) is 4.95. The highest BCUT2D eigenvalue weighted by Gasteiger charge is 2.34. The molecule has 1 aliphatic rings. The fourth-order valence-corrected chi connectivity index (χ4v) is 2.50. The molecule has 3 atom stereocenters. The summed E-state index contributed by atoms with van der Waals surface area (Å²) in [6, 6.07) is 9.68. The summed E-state index contributed by atoms with van der Waals surface area (Å²) in [6.45, 7) is 2.80. The Labute approximate surface area is 111 Å². The molecule has 1 aromatic carbocycles. The predicted molar refractivity (Wildman–Crippen MR) is 69.8 cm³/mol. The summed E-state index contributed by atoms with van der Waals surface area (Å²) in [4.78, 5) is 0. The first-order valence-electron chi connectivity index (χ1n) is 6.53. The van der Waals surface area contributed by atoms with Crippen molar-refractivity contribution in [2.45, 2.75) is 25.6 Å². The molecule has 0 bridgehead atoms. The SMILES string of the molecule is CC1CCOC1C(O)c1cnnn1-c1ccccc1. The maximum Gasteiger partial charge on any atom is 0.124 e. The van der Waals surface area contributed by atoms with E-state index < -0.39 is 6.10 Å². The predicted octanol–water partition coefficient (Wildman–Crippen LogP) is 1.73. The molecule has 100 valence electrons. The number of aliphatic hydroxyl groups excluding tert-OH is 1. The van der Waals surface area contributed by atoms with Crippen LogP contribution in [0.15, 0.2) is 36.5 Å². The summed E-state index contributed by atoms with van der Waals surface area (Å²) < 4.78 is 7.29. The first-order chi connectivity index (χ1) is 9.27. The third-order valence-corrected chi connectivity index (χ3v) is 3.63. The van der Waals surface area contributed by atoms with Gasteiger partial charge in [-0.1, -0.05) is 30.3 Å². The molecular weight excluding hydrogens is 242 g/mol. The Morgan fingerprint density at radius 1 is 1.37 bits per heavy atom. The number of aliphatic hydroxyl groups is 1. The topological polar surface area (TPSA) is 60.2 Å². The van der Waals surface area contributed by atoms with Gasteiger partial charge in [0.1, 0.15) is 6.10 Å². The van der Waals surface area contributed by atoms with Gasteiger partial charge in [-0.05, 0) is 24.5 Å². The van der Waals surface area contributed by atoms with Crippen LogP contribution in [0.3, 0.4) is 0 Å². The normalized spacial score (nSPS) is 24.5. The lowest BCUT2D eigenvalue weighted by atomic mass is 9.98. The second-order valence-corrected chi connectivity index (χ2v) is 4.95. The molecule has 1 aromatic heterocycles. The lowest BCUT2D eigenvalue weighted by molar-refractivity contribution is -0.0209. The molecule has 0 spiro atoms. The van der Waals surface area contributed by atoms with Crippen LogP contribution in [0.4, 0.5) is 0 Å². The van der Waals surface area contributed by atoms with Crippen LogP contribution in [0, 0.1) is 5.92 Å². The van der Waals surface area contributed by atoms with Crippen molar-refractivity contribution in [3.8, 4) is 5.69 Å². The van der Waals surface area contributed by atoms with E-state index in [2.05, 4.69) is 17.2 Å². The molecule has 0 amide bonds. The van der Waals surface area contributed by atoms with Gasteiger partial charge >= 0.3 is 0 Å². The molecule has 0 saturated carbocycles. The molecule has 1 N–H and O–H groups in total. The molecule has 5 nitrogen and oxygen atoms in total. The molecule has 2 heterocycles. The second kappa shape index (κ2) is 5.11. The van der Waals surface area contributed by atoms with Crippen LogP contribution in [0.1, 0.15) is 25.1 Å². The molecule has 2 aromatic rings. The number of para-hydroxylation sites is 1. The van der Waals surface area contributed by atoms with Gasteiger partial charge in [-0.15, -0.1) is 5.10 Å². The Kier molecular flexibility index (Phi) is 3.31. The van der Waals surface area contributed by atoms with Gasteiger partial charge in [-0.3, -0.25) is 0 Å². The van der Waals surface area contributed by atoms with E-state index in [9.17, 15) is 5.11 Å². The lowest BCUT2D eigenvalue weighted by Crippen LogP contribution is -2.25. The molecule has 5 heteroatoms. The van der Waals surface area contributed by atoms with Gasteiger partial charge in [-0.2, -0.15) is 0 Å². The highest BCUT2D eigenvalue weighted by molar-refractivity contribution is 5.32. The Bertz CT molecular complexity index is 541. The molecule has 1 saturated heterocycles. The van der Waals surface area contributed by atoms with Crippen molar-refractivity contribution in [1.29, 1.82) is 0 Å². The first-order valence-corrected chi connectivity index (χ1v) is 6.53. The van der Waals surface area contributed by atoms with Crippen molar-refractivity contribution in [1.82, 2.24) is 15.0 Å². The minimum absolute atomic E-state index is 0.180. The van der Waals surface area contributed by atoms with Crippen molar-refractivity contribution in [3.05, 3.63) is 42.2 Å². The van der Waals surface area contributed by atoms with E-state index >= 15 is 0 Å². The summed E-state index contributed by atoms with van der Waals surface area (Å²) in [7, 11) is 0. The van der Waals surface area contributed by atoms with Gasteiger partial charge in [-0.25, -0.2) is 4.68 Å². The van der Waals surface area contributed by atoms with Gasteiger partial charge < -0.3 is 9.84 Å². The molecule has 3 unspecified atom stereocenters. The Balaban J connectivity index is 1.92. The number of hydrogen-bond donors (Lipinski definition) is 1. The zero-order chi connectivity index (χ0) is 13.2. The fraction of sp³-hybridized carbons (Fsp3) is 0.429. The summed E-state index contributed by atoms with van der Waals surface area (Å²) in [5, 5.41) is 18.5. The molecule has 1 aliphatic heterocycles. The van der Waals surface area contributed by atoms with Crippen LogP contribution < -0.4 is 0 Å². The summed E-state index contributed by atoms with van der Waals surface area (Å²) in [5.74, 6) is 0.342. The zero-order valence-corrected chi connectivity index (χ0v) is 10.8. The lowest BCUT2D eigenvalue weighted by Gasteiger charge is -2.21. The van der Waals surface area contributed by atoms with E-state index in [-0.39, 0.29) is 6.10 Å². The summed E-state index contributed by atoms with van der Waals surface area (Å²) in [5.41, 5.74) is 1.56. The van der Waals surface area contributed by atoms with Crippen molar-refractivity contribution in [3.63, 3.8) is 0 Å². The molecule has 19 heavy (non-hydrogen) atoms. The Morgan fingerprint density at radius 3 is 2.84 bits per heavy atom. The van der Waals surface area contributed by atoms with Gasteiger partial charge in [0.15, 0.2) is 0 Å². The van der Waals surface area contributed by atoms with Crippen LogP contribution >= 0.6 is 0 Å². The number of ether oxygens (including phenoxy) is 1. The maximum absolute atomic E-state index is 10.5. The maximum atomic E-state index is 10.5. The van der Waals surface area contributed by atoms with E-state index in [1.54, 1.807) is 10.9 Å². The smallest absolute Gasteiger partial charge is 0.124 e. The van der Waals surface area contributed by atoms with Gasteiger partial charge in [0.05, 0.1) is 23.7 Å². The quantitative estimate of drug-likeness (QED) is 0.912. The van der Waals surface area contributed by atoms with Gasteiger partial charge in [0, 0.05) is 6.61 Å². The standard InChI is InChI=1S/C14H17N3O2/c1-10-7-8-19-14(10)13(18)12-9-15-16-17(12)11-5-3-2-4-6-11/h2-6,9-10,13-14,18H,7-8H2,1H3. The number of benzene rings is 1. The van der Waals surface area contributed by atoms with Crippen molar-refractivity contribution >= 4 is 0 Å². The third-order valence-electron chi connectivity index (χ3n) is 3.63.